The Bertz CT molecular complexity index is 1480. The molecule has 4 aromatic rings. The number of anilines is 2. The predicted octanol–water partition coefficient (Wildman–Crippen LogP) is 3.25. The second-order valence-electron chi connectivity index (χ2n) is 10.1. The third kappa shape index (κ3) is 4.40. The van der Waals surface area contributed by atoms with Crippen LogP contribution in [0, 0.1) is 5.41 Å². The SMILES string of the molecule is CNC(=O)[C@@]1(C)CC[C@@H](Nc2ncc3c(Br)nn(-c4cc(N5CCNCC5)c5ncccc5c4)c3n2)C1. The second-order valence-corrected chi connectivity index (χ2v) is 10.9. The number of carbonyl (C=O) groups excluding carboxylic acids is 1. The zero-order chi connectivity index (χ0) is 25.6. The summed E-state index contributed by atoms with van der Waals surface area (Å²) in [6, 6.07) is 8.44. The van der Waals surface area contributed by atoms with Gasteiger partial charge >= 0.3 is 0 Å². The van der Waals surface area contributed by atoms with E-state index < -0.39 is 0 Å². The largest absolute Gasteiger partial charge is 0.367 e. The molecule has 37 heavy (non-hydrogen) atoms. The van der Waals surface area contributed by atoms with Gasteiger partial charge in [-0.2, -0.15) is 10.1 Å². The van der Waals surface area contributed by atoms with Gasteiger partial charge in [-0.1, -0.05) is 13.0 Å². The molecule has 0 unspecified atom stereocenters. The number of nitrogens with zero attached hydrogens (tertiary/aromatic N) is 6. The van der Waals surface area contributed by atoms with Gasteiger partial charge in [0.25, 0.3) is 0 Å². The van der Waals surface area contributed by atoms with E-state index in [0.717, 1.165) is 73.1 Å². The number of rotatable bonds is 5. The van der Waals surface area contributed by atoms with E-state index >= 15 is 0 Å². The summed E-state index contributed by atoms with van der Waals surface area (Å²) in [5.41, 5.74) is 3.34. The van der Waals surface area contributed by atoms with E-state index in [0.29, 0.717) is 16.2 Å². The summed E-state index contributed by atoms with van der Waals surface area (Å²) in [6.45, 7) is 5.75. The Hall–Kier alpha value is -3.31. The number of amides is 1. The van der Waals surface area contributed by atoms with E-state index in [1.807, 2.05) is 23.9 Å². The Balaban J connectivity index is 1.38. The van der Waals surface area contributed by atoms with Gasteiger partial charge < -0.3 is 20.9 Å². The second kappa shape index (κ2) is 9.53. The Morgan fingerprint density at radius 3 is 2.89 bits per heavy atom. The molecule has 0 radical (unpaired) electrons. The van der Waals surface area contributed by atoms with Crippen molar-refractivity contribution in [2.24, 2.45) is 5.41 Å². The van der Waals surface area contributed by atoms with E-state index in [2.05, 4.69) is 60.0 Å². The Morgan fingerprint density at radius 1 is 1.24 bits per heavy atom. The third-order valence-electron chi connectivity index (χ3n) is 7.60. The molecule has 2 atom stereocenters. The van der Waals surface area contributed by atoms with Crippen LogP contribution in [0.1, 0.15) is 26.2 Å². The number of halogens is 1. The normalized spacial score (nSPS) is 22.0. The number of aromatic nitrogens is 5. The minimum Gasteiger partial charge on any atom is -0.367 e. The van der Waals surface area contributed by atoms with Crippen LogP contribution < -0.4 is 20.9 Å². The first-order valence-electron chi connectivity index (χ1n) is 12.7. The molecule has 2 fully saturated rings. The molecule has 3 aromatic heterocycles. The quantitative estimate of drug-likeness (QED) is 0.339. The lowest BCUT2D eigenvalue weighted by molar-refractivity contribution is -0.129. The molecule has 1 aromatic carbocycles. The van der Waals surface area contributed by atoms with Gasteiger partial charge in [0.05, 0.1) is 22.3 Å². The highest BCUT2D eigenvalue weighted by Gasteiger charge is 2.41. The van der Waals surface area contributed by atoms with Crippen LogP contribution in [-0.2, 0) is 4.79 Å². The summed E-state index contributed by atoms with van der Waals surface area (Å²) in [6.07, 6.45) is 6.10. The Labute approximate surface area is 223 Å². The van der Waals surface area contributed by atoms with Crippen molar-refractivity contribution in [3.05, 3.63) is 41.3 Å². The lowest BCUT2D eigenvalue weighted by Crippen LogP contribution is -2.43. The van der Waals surface area contributed by atoms with Crippen molar-refractivity contribution >= 4 is 55.4 Å². The maximum Gasteiger partial charge on any atom is 0.225 e. The molecule has 11 heteroatoms. The Kier molecular flexibility index (Phi) is 6.20. The number of nitrogens with one attached hydrogen (secondary N) is 3. The number of hydrogen-bond acceptors (Lipinski definition) is 8. The first kappa shape index (κ1) is 24.1. The smallest absolute Gasteiger partial charge is 0.225 e. The maximum absolute atomic E-state index is 12.3. The molecule has 0 spiro atoms. The van der Waals surface area contributed by atoms with Crippen molar-refractivity contribution in [1.82, 2.24) is 35.4 Å². The molecule has 3 N–H and O–H groups in total. The van der Waals surface area contributed by atoms with Crippen LogP contribution in [0.5, 0.6) is 0 Å². The lowest BCUT2D eigenvalue weighted by atomic mass is 9.87. The lowest BCUT2D eigenvalue weighted by Gasteiger charge is -2.30. The molecule has 1 aliphatic carbocycles. The fraction of sp³-hybridized carbons (Fsp3) is 0.423. The van der Waals surface area contributed by atoms with Crippen molar-refractivity contribution in [3.63, 3.8) is 0 Å². The average Bonchev–Trinajstić information content (AvgIpc) is 3.47. The number of piperazine rings is 1. The third-order valence-corrected chi connectivity index (χ3v) is 8.19. The standard InChI is InChI=1S/C26H30BrN9O/c1-26(24(37)28-2)6-5-17(14-26)32-25-31-15-19-22(27)34-36(23(19)33-25)18-12-16-4-3-7-30-21(16)20(13-18)35-10-8-29-9-11-35/h3-4,7,12-13,15,17,29H,5-6,8-11,14H2,1-2H3,(H,28,37)(H,31,32,33)/t17-,26+/m1/s1. The van der Waals surface area contributed by atoms with E-state index in [9.17, 15) is 4.79 Å². The van der Waals surface area contributed by atoms with Crippen LogP contribution >= 0.6 is 15.9 Å². The summed E-state index contributed by atoms with van der Waals surface area (Å²) in [7, 11) is 1.70. The number of carbonyl (C=O) groups is 1. The van der Waals surface area contributed by atoms with E-state index in [-0.39, 0.29) is 17.4 Å². The molecule has 0 bridgehead atoms. The molecule has 1 amide bonds. The summed E-state index contributed by atoms with van der Waals surface area (Å²) >= 11 is 3.60. The summed E-state index contributed by atoms with van der Waals surface area (Å²) < 4.78 is 2.56. The highest BCUT2D eigenvalue weighted by atomic mass is 79.9. The highest BCUT2D eigenvalue weighted by Crippen LogP contribution is 2.39. The van der Waals surface area contributed by atoms with E-state index in [1.54, 1.807) is 13.2 Å². The van der Waals surface area contributed by atoms with Crippen LogP contribution in [-0.4, -0.2) is 69.9 Å². The zero-order valence-corrected chi connectivity index (χ0v) is 22.5. The molecule has 192 valence electrons. The summed E-state index contributed by atoms with van der Waals surface area (Å²) in [5.74, 6) is 0.623. The first-order chi connectivity index (χ1) is 17.9. The van der Waals surface area contributed by atoms with Gasteiger partial charge in [-0.05, 0) is 53.4 Å². The van der Waals surface area contributed by atoms with Gasteiger partial charge in [-0.3, -0.25) is 9.78 Å². The van der Waals surface area contributed by atoms with Gasteiger partial charge in [0.2, 0.25) is 11.9 Å². The molecule has 10 nitrogen and oxygen atoms in total. The topological polar surface area (TPSA) is 113 Å². The number of benzene rings is 1. The molecule has 2 aliphatic rings. The van der Waals surface area contributed by atoms with Gasteiger partial charge in [-0.15, -0.1) is 0 Å². The monoisotopic (exact) mass is 563 g/mol. The van der Waals surface area contributed by atoms with Crippen molar-refractivity contribution in [2.45, 2.75) is 32.2 Å². The minimum absolute atomic E-state index is 0.0845. The Morgan fingerprint density at radius 2 is 2.08 bits per heavy atom. The molecule has 6 rings (SSSR count). The predicted molar refractivity (Wildman–Crippen MR) is 148 cm³/mol. The minimum atomic E-state index is -0.374. The molecule has 1 aliphatic heterocycles. The number of pyridine rings is 1. The van der Waals surface area contributed by atoms with Crippen LogP contribution in [0.4, 0.5) is 11.6 Å². The van der Waals surface area contributed by atoms with E-state index in [1.165, 1.54) is 0 Å². The number of fused-ring (bicyclic) bond motifs is 2. The van der Waals surface area contributed by atoms with Crippen molar-refractivity contribution in [1.29, 1.82) is 0 Å². The van der Waals surface area contributed by atoms with Gasteiger partial charge in [0.1, 0.15) is 4.60 Å². The fourth-order valence-electron chi connectivity index (χ4n) is 5.60. The van der Waals surface area contributed by atoms with Crippen molar-refractivity contribution in [2.75, 3.05) is 43.4 Å². The van der Waals surface area contributed by atoms with E-state index in [4.69, 9.17) is 15.1 Å². The fourth-order valence-corrected chi connectivity index (χ4v) is 6.04. The van der Waals surface area contributed by atoms with Crippen LogP contribution in [0.2, 0.25) is 0 Å². The molecule has 1 saturated heterocycles. The molecule has 4 heterocycles. The maximum atomic E-state index is 12.3. The first-order valence-corrected chi connectivity index (χ1v) is 13.5. The summed E-state index contributed by atoms with van der Waals surface area (Å²) in [5, 5.41) is 16.4. The molecular formula is C26H30BrN9O. The average molecular weight is 564 g/mol. The van der Waals surface area contributed by atoms with Crippen LogP contribution in [0.15, 0.2) is 41.3 Å². The molecule has 1 saturated carbocycles. The zero-order valence-electron chi connectivity index (χ0n) is 21.0. The van der Waals surface area contributed by atoms with Gasteiger partial charge in [-0.25, -0.2) is 9.67 Å². The van der Waals surface area contributed by atoms with Crippen LogP contribution in [0.25, 0.3) is 27.6 Å². The number of hydrogen-bond donors (Lipinski definition) is 3. The molecular weight excluding hydrogens is 534 g/mol. The van der Waals surface area contributed by atoms with Crippen molar-refractivity contribution < 1.29 is 4.79 Å². The van der Waals surface area contributed by atoms with Crippen molar-refractivity contribution in [3.8, 4) is 5.69 Å². The van der Waals surface area contributed by atoms with Gasteiger partial charge in [0, 0.05) is 62.5 Å². The highest BCUT2D eigenvalue weighted by molar-refractivity contribution is 9.10. The van der Waals surface area contributed by atoms with Crippen LogP contribution in [0.3, 0.4) is 0 Å². The van der Waals surface area contributed by atoms with Gasteiger partial charge in [0.15, 0.2) is 5.65 Å². The summed E-state index contributed by atoms with van der Waals surface area (Å²) in [4.78, 5) is 28.9.